The van der Waals surface area contributed by atoms with Crippen molar-refractivity contribution in [1.29, 1.82) is 0 Å². The highest BCUT2D eigenvalue weighted by Crippen LogP contribution is 2.43. The van der Waals surface area contributed by atoms with Crippen molar-refractivity contribution in [2.24, 2.45) is 0 Å². The van der Waals surface area contributed by atoms with Gasteiger partial charge in [-0.15, -0.1) is 0 Å². The molecule has 29 heavy (non-hydrogen) atoms. The number of hydrogen-bond acceptors (Lipinski definition) is 5. The minimum atomic E-state index is -0.178. The van der Waals surface area contributed by atoms with E-state index in [9.17, 15) is 4.79 Å². The van der Waals surface area contributed by atoms with Gasteiger partial charge in [0.15, 0.2) is 16.9 Å². The summed E-state index contributed by atoms with van der Waals surface area (Å²) in [5.74, 6) is 1.86. The van der Waals surface area contributed by atoms with E-state index in [0.29, 0.717) is 47.2 Å². The molecule has 0 atom stereocenters. The Bertz CT molecular complexity index is 992. The van der Waals surface area contributed by atoms with E-state index in [-0.39, 0.29) is 5.43 Å². The summed E-state index contributed by atoms with van der Waals surface area (Å²) in [7, 11) is 1.53. The van der Waals surface area contributed by atoms with Gasteiger partial charge < -0.3 is 18.6 Å². The lowest BCUT2D eigenvalue weighted by atomic mass is 10.1. The number of unbranched alkanes of at least 4 members (excludes halogenated alkanes) is 2. The lowest BCUT2D eigenvalue weighted by Gasteiger charge is -2.17. The normalized spacial score (nSPS) is 10.9. The molecule has 0 fully saturated rings. The average molecular weight is 396 g/mol. The predicted octanol–water partition coefficient (Wildman–Crippen LogP) is 5.83. The summed E-state index contributed by atoms with van der Waals surface area (Å²) in [6.07, 6.45) is 3.84. The average Bonchev–Trinajstić information content (AvgIpc) is 2.74. The van der Waals surface area contributed by atoms with E-state index in [1.165, 1.54) is 13.2 Å². The molecule has 3 aromatic rings. The van der Waals surface area contributed by atoms with E-state index in [1.807, 2.05) is 30.3 Å². The molecule has 0 unspecified atom stereocenters. The number of hydrogen-bond donors (Lipinski definition) is 0. The summed E-state index contributed by atoms with van der Waals surface area (Å²) < 4.78 is 23.6. The number of fused-ring (bicyclic) bond motifs is 1. The fourth-order valence-corrected chi connectivity index (χ4v) is 3.08. The van der Waals surface area contributed by atoms with E-state index in [0.717, 1.165) is 31.2 Å². The number of methoxy groups -OCH3 is 1. The molecule has 0 spiro atoms. The quantitative estimate of drug-likeness (QED) is 0.404. The number of ether oxygens (including phenoxy) is 3. The zero-order valence-electron chi connectivity index (χ0n) is 17.3. The Balaban J connectivity index is 2.16. The van der Waals surface area contributed by atoms with Crippen molar-refractivity contribution in [2.75, 3.05) is 20.3 Å². The van der Waals surface area contributed by atoms with Gasteiger partial charge >= 0.3 is 0 Å². The summed E-state index contributed by atoms with van der Waals surface area (Å²) in [6, 6.07) is 12.8. The molecule has 3 rings (SSSR count). The van der Waals surface area contributed by atoms with Crippen molar-refractivity contribution in [1.82, 2.24) is 0 Å². The molecular formula is C24H28O5. The third-order valence-corrected chi connectivity index (χ3v) is 4.66. The molecule has 2 aromatic carbocycles. The Kier molecular flexibility index (Phi) is 7.17. The fourth-order valence-electron chi connectivity index (χ4n) is 3.08. The van der Waals surface area contributed by atoms with Gasteiger partial charge in [-0.1, -0.05) is 57.0 Å². The second kappa shape index (κ2) is 10.0. The van der Waals surface area contributed by atoms with Gasteiger partial charge in [0.05, 0.1) is 20.3 Å². The lowest BCUT2D eigenvalue weighted by Crippen LogP contribution is -2.08. The summed E-state index contributed by atoms with van der Waals surface area (Å²) in [4.78, 5) is 13.0. The smallest absolute Gasteiger partial charge is 0.204 e. The molecule has 0 bridgehead atoms. The van der Waals surface area contributed by atoms with Gasteiger partial charge in [-0.05, 0) is 12.8 Å². The third-order valence-electron chi connectivity index (χ3n) is 4.66. The van der Waals surface area contributed by atoms with Crippen LogP contribution in [0, 0.1) is 0 Å². The van der Waals surface area contributed by atoms with Gasteiger partial charge in [-0.2, -0.15) is 0 Å². The van der Waals surface area contributed by atoms with Crippen molar-refractivity contribution in [3.63, 3.8) is 0 Å². The molecule has 5 nitrogen and oxygen atoms in total. The first kappa shape index (κ1) is 20.8. The maximum atomic E-state index is 13.0. The zero-order valence-corrected chi connectivity index (χ0v) is 17.3. The molecule has 0 aliphatic heterocycles. The zero-order chi connectivity index (χ0) is 20.6. The van der Waals surface area contributed by atoms with Crippen LogP contribution >= 0.6 is 0 Å². The van der Waals surface area contributed by atoms with Crippen LogP contribution in [-0.2, 0) is 0 Å². The number of rotatable bonds is 10. The van der Waals surface area contributed by atoms with Crippen molar-refractivity contribution in [3.8, 4) is 28.6 Å². The van der Waals surface area contributed by atoms with Crippen molar-refractivity contribution < 1.29 is 18.6 Å². The minimum absolute atomic E-state index is 0.178. The second-order valence-electron chi connectivity index (χ2n) is 6.86. The Morgan fingerprint density at radius 3 is 2.24 bits per heavy atom. The fraction of sp³-hybridized carbons (Fsp3) is 0.375. The molecule has 0 saturated heterocycles. The van der Waals surface area contributed by atoms with Gasteiger partial charge in [0, 0.05) is 17.7 Å². The van der Waals surface area contributed by atoms with Gasteiger partial charge in [0.2, 0.25) is 5.75 Å². The molecule has 1 aromatic heterocycles. The minimum Gasteiger partial charge on any atom is -0.492 e. The maximum absolute atomic E-state index is 13.0. The highest BCUT2D eigenvalue weighted by Gasteiger charge is 2.21. The largest absolute Gasteiger partial charge is 0.492 e. The molecule has 0 aliphatic carbocycles. The Morgan fingerprint density at radius 2 is 1.59 bits per heavy atom. The van der Waals surface area contributed by atoms with Crippen LogP contribution in [0.15, 0.2) is 51.7 Å². The van der Waals surface area contributed by atoms with Gasteiger partial charge in [0.1, 0.15) is 16.7 Å². The molecule has 0 radical (unpaired) electrons. The van der Waals surface area contributed by atoms with Gasteiger partial charge in [-0.3, -0.25) is 4.79 Å². The van der Waals surface area contributed by atoms with Crippen LogP contribution in [0.5, 0.6) is 17.2 Å². The monoisotopic (exact) mass is 396 g/mol. The van der Waals surface area contributed by atoms with Crippen molar-refractivity contribution in [3.05, 3.63) is 52.7 Å². The first-order valence-electron chi connectivity index (χ1n) is 10.2. The van der Waals surface area contributed by atoms with Crippen LogP contribution in [0.2, 0.25) is 0 Å². The van der Waals surface area contributed by atoms with Crippen LogP contribution in [0.4, 0.5) is 0 Å². The molecule has 0 aliphatic rings. The highest BCUT2D eigenvalue weighted by atomic mass is 16.5. The van der Waals surface area contributed by atoms with Gasteiger partial charge in [-0.25, -0.2) is 0 Å². The molecule has 0 N–H and O–H groups in total. The van der Waals surface area contributed by atoms with Crippen molar-refractivity contribution >= 4 is 11.0 Å². The molecular weight excluding hydrogens is 368 g/mol. The van der Waals surface area contributed by atoms with Crippen LogP contribution < -0.4 is 19.6 Å². The first-order valence-corrected chi connectivity index (χ1v) is 10.2. The summed E-state index contributed by atoms with van der Waals surface area (Å²) >= 11 is 0. The Labute approximate surface area is 171 Å². The lowest BCUT2D eigenvalue weighted by molar-refractivity contribution is 0.251. The van der Waals surface area contributed by atoms with Crippen LogP contribution in [0.3, 0.4) is 0 Å². The Morgan fingerprint density at radius 1 is 0.897 bits per heavy atom. The van der Waals surface area contributed by atoms with Gasteiger partial charge in [0.25, 0.3) is 0 Å². The SMILES string of the molecule is CCCCOc1cc2oc(-c3ccccc3)cc(=O)c2c(OC)c1OCCCC. The van der Waals surface area contributed by atoms with Crippen LogP contribution in [-0.4, -0.2) is 20.3 Å². The van der Waals surface area contributed by atoms with Crippen LogP contribution in [0.1, 0.15) is 39.5 Å². The molecule has 0 saturated carbocycles. The summed E-state index contributed by atoms with van der Waals surface area (Å²) in [5, 5.41) is 0.363. The molecule has 154 valence electrons. The molecule has 0 amide bonds. The number of benzene rings is 2. The highest BCUT2D eigenvalue weighted by molar-refractivity contribution is 5.90. The molecule has 1 heterocycles. The maximum Gasteiger partial charge on any atom is 0.204 e. The van der Waals surface area contributed by atoms with E-state index in [4.69, 9.17) is 18.6 Å². The van der Waals surface area contributed by atoms with Crippen molar-refractivity contribution in [2.45, 2.75) is 39.5 Å². The summed E-state index contributed by atoms with van der Waals surface area (Å²) in [6.45, 7) is 5.28. The van der Waals surface area contributed by atoms with E-state index in [2.05, 4.69) is 13.8 Å². The van der Waals surface area contributed by atoms with Crippen LogP contribution in [0.25, 0.3) is 22.3 Å². The summed E-state index contributed by atoms with van der Waals surface area (Å²) in [5.41, 5.74) is 1.08. The van der Waals surface area contributed by atoms with E-state index >= 15 is 0 Å². The topological polar surface area (TPSA) is 57.9 Å². The third kappa shape index (κ3) is 4.73. The standard InChI is InChI=1S/C24H28O5/c1-4-6-13-27-21-16-20-22(24(26-3)23(21)28-14-7-5-2)18(25)15-19(29-20)17-11-9-8-10-12-17/h8-12,15-16H,4-7,13-14H2,1-3H3. The molecule has 5 heteroatoms. The Hall–Kier alpha value is -2.95. The second-order valence-corrected chi connectivity index (χ2v) is 6.86. The first-order chi connectivity index (χ1) is 14.2. The van der Waals surface area contributed by atoms with E-state index < -0.39 is 0 Å². The van der Waals surface area contributed by atoms with E-state index in [1.54, 1.807) is 6.07 Å². The predicted molar refractivity (Wildman–Crippen MR) is 115 cm³/mol.